The number of esters is 1. The number of amidine groups is 1. The van der Waals surface area contributed by atoms with E-state index in [0.717, 1.165) is 12.3 Å². The summed E-state index contributed by atoms with van der Waals surface area (Å²) in [5, 5.41) is 9.17. The Morgan fingerprint density at radius 1 is 1.25 bits per heavy atom. The number of Topliss-reactive ketones (excluding diaryl/α,β-unsaturated/α-hetero) is 1. The number of carbonyl (C=O) groups is 3. The summed E-state index contributed by atoms with van der Waals surface area (Å²) < 4.78 is 52.2. The number of hydrogen-bond donors (Lipinski definition) is 1. The number of alkyl halides is 2. The minimum absolute atomic E-state index is 0.00848. The number of amides is 1. The molecule has 232 valence electrons. The molecule has 0 aliphatic carbocycles. The number of rotatable bonds is 10. The first-order valence-corrected chi connectivity index (χ1v) is 14.5. The van der Waals surface area contributed by atoms with Gasteiger partial charge in [-0.1, -0.05) is 17.7 Å². The van der Waals surface area contributed by atoms with Gasteiger partial charge in [-0.15, -0.1) is 11.3 Å². The summed E-state index contributed by atoms with van der Waals surface area (Å²) in [6.45, 7) is -1.87. The molecule has 2 aliphatic heterocycles. The second kappa shape index (κ2) is 12.8. The molecule has 1 fully saturated rings. The largest absolute Gasteiger partial charge is 0.463 e. The number of nitrogens with one attached hydrogen (secondary N) is 1. The number of hydrogen-bond acceptors (Lipinski definition) is 10. The lowest BCUT2D eigenvalue weighted by Gasteiger charge is -2.32. The first kappa shape index (κ1) is 31.2. The Morgan fingerprint density at radius 2 is 2.05 bits per heavy atom. The number of methoxy groups -OCH3 is 1. The van der Waals surface area contributed by atoms with Gasteiger partial charge in [-0.05, 0) is 25.1 Å². The lowest BCUT2D eigenvalue weighted by atomic mass is 9.90. The Morgan fingerprint density at radius 3 is 2.68 bits per heavy atom. The monoisotopic (exact) mass is 650 g/mol. The van der Waals surface area contributed by atoms with Crippen LogP contribution < -0.4 is 5.32 Å². The number of benzene rings is 1. The molecular weight excluding hydrogens is 625 g/mol. The number of thiazole rings is 1. The number of ether oxygens (including phenoxy) is 2. The fraction of sp³-hybridized carbons (Fsp3) is 0.357. The van der Waals surface area contributed by atoms with Crippen molar-refractivity contribution in [1.82, 2.24) is 25.0 Å². The van der Waals surface area contributed by atoms with Crippen LogP contribution in [0.15, 0.2) is 52.7 Å². The zero-order chi connectivity index (χ0) is 31.6. The van der Waals surface area contributed by atoms with Crippen LogP contribution in [0.4, 0.5) is 18.0 Å². The van der Waals surface area contributed by atoms with E-state index in [2.05, 4.69) is 15.4 Å². The maximum Gasteiger partial charge on any atom is 0.407 e. The number of nitrogens with zero attached hydrogens (tertiary/aromatic N) is 5. The van der Waals surface area contributed by atoms with Crippen molar-refractivity contribution >= 4 is 52.2 Å². The average molecular weight is 651 g/mol. The SMILES string of the molecule is COC(=O)N[C@]1(COC(=O)CCC(C)=O)CC2=C(c3ccn(C(F)F)n3)[C@H](c3ccc(F)cc3Cl)N=C(c3nccs3)N2C1. The normalized spacial score (nSPS) is 19.6. The lowest BCUT2D eigenvalue weighted by molar-refractivity contribution is -0.146. The number of alkyl carbamates (subject to hydrolysis) is 1. The van der Waals surface area contributed by atoms with E-state index in [-0.39, 0.29) is 48.9 Å². The van der Waals surface area contributed by atoms with Crippen LogP contribution in [0.5, 0.6) is 0 Å². The van der Waals surface area contributed by atoms with E-state index >= 15 is 0 Å². The molecule has 0 bridgehead atoms. The van der Waals surface area contributed by atoms with Crippen LogP contribution in [-0.2, 0) is 19.1 Å². The first-order valence-electron chi connectivity index (χ1n) is 13.3. The summed E-state index contributed by atoms with van der Waals surface area (Å²) in [4.78, 5) is 47.6. The van der Waals surface area contributed by atoms with Crippen LogP contribution in [0.1, 0.15) is 55.0 Å². The van der Waals surface area contributed by atoms with Gasteiger partial charge >= 0.3 is 18.6 Å². The molecule has 1 aromatic carbocycles. The highest BCUT2D eigenvalue weighted by Gasteiger charge is 2.50. The highest BCUT2D eigenvalue weighted by molar-refractivity contribution is 7.11. The summed E-state index contributed by atoms with van der Waals surface area (Å²) in [7, 11) is 1.18. The molecule has 1 N–H and O–H groups in total. The maximum atomic E-state index is 14.1. The van der Waals surface area contributed by atoms with Crippen molar-refractivity contribution in [2.24, 2.45) is 4.99 Å². The maximum absolute atomic E-state index is 14.1. The topological polar surface area (TPSA) is 128 Å². The van der Waals surface area contributed by atoms with Crippen LogP contribution >= 0.6 is 22.9 Å². The van der Waals surface area contributed by atoms with Gasteiger partial charge < -0.3 is 24.5 Å². The van der Waals surface area contributed by atoms with Crippen LogP contribution in [-0.4, -0.2) is 69.1 Å². The minimum atomic E-state index is -2.92. The highest BCUT2D eigenvalue weighted by atomic mass is 35.5. The lowest BCUT2D eigenvalue weighted by Crippen LogP contribution is -2.54. The molecule has 0 saturated carbocycles. The Bertz CT molecular complexity index is 1650. The molecule has 11 nitrogen and oxygen atoms in total. The fourth-order valence-electron chi connectivity index (χ4n) is 5.11. The number of carbonyl (C=O) groups excluding carboxylic acids is 3. The van der Waals surface area contributed by atoms with Crippen molar-refractivity contribution in [2.75, 3.05) is 20.3 Å². The van der Waals surface area contributed by atoms with Crippen molar-refractivity contribution in [3.05, 3.63) is 74.8 Å². The summed E-state index contributed by atoms with van der Waals surface area (Å²) in [6.07, 6.45) is 1.75. The van der Waals surface area contributed by atoms with E-state index in [0.29, 0.717) is 32.4 Å². The van der Waals surface area contributed by atoms with E-state index in [1.165, 1.54) is 43.6 Å². The molecule has 2 aromatic heterocycles. The van der Waals surface area contributed by atoms with E-state index < -0.39 is 36.0 Å². The van der Waals surface area contributed by atoms with Crippen LogP contribution in [0.25, 0.3) is 5.57 Å². The molecule has 44 heavy (non-hydrogen) atoms. The number of aliphatic imine (C=N–C) groups is 1. The third-order valence-corrected chi connectivity index (χ3v) is 8.19. The number of fused-ring (bicyclic) bond motifs is 1. The molecule has 0 spiro atoms. The van der Waals surface area contributed by atoms with Gasteiger partial charge in [0.05, 0.1) is 25.8 Å². The van der Waals surface area contributed by atoms with Crippen molar-refractivity contribution in [2.45, 2.75) is 44.3 Å². The van der Waals surface area contributed by atoms with Gasteiger partial charge in [0.15, 0.2) is 10.8 Å². The smallest absolute Gasteiger partial charge is 0.407 e. The van der Waals surface area contributed by atoms with Crippen LogP contribution in [0.2, 0.25) is 5.02 Å². The predicted molar refractivity (Wildman–Crippen MR) is 154 cm³/mol. The number of aromatic nitrogens is 3. The van der Waals surface area contributed by atoms with E-state index in [1.54, 1.807) is 16.5 Å². The number of ketones is 1. The molecular formula is C28H26ClF3N6O5S. The third kappa shape index (κ3) is 6.48. The van der Waals surface area contributed by atoms with E-state index in [9.17, 15) is 27.6 Å². The molecule has 3 aromatic rings. The third-order valence-electron chi connectivity index (χ3n) is 7.09. The van der Waals surface area contributed by atoms with Crippen molar-refractivity contribution in [1.29, 1.82) is 0 Å². The Hall–Kier alpha value is -4.24. The van der Waals surface area contributed by atoms with Crippen molar-refractivity contribution in [3.8, 4) is 0 Å². The molecule has 2 atom stereocenters. The van der Waals surface area contributed by atoms with Gasteiger partial charge in [0.25, 0.3) is 0 Å². The molecule has 2 aliphatic rings. The van der Waals surface area contributed by atoms with Gasteiger partial charge in [0, 0.05) is 52.5 Å². The van der Waals surface area contributed by atoms with Crippen molar-refractivity contribution in [3.63, 3.8) is 0 Å². The molecule has 1 amide bonds. The van der Waals surface area contributed by atoms with Crippen LogP contribution in [0.3, 0.4) is 0 Å². The summed E-state index contributed by atoms with van der Waals surface area (Å²) in [5.41, 5.74) is 0.112. The second-order valence-electron chi connectivity index (χ2n) is 10.2. The molecule has 0 radical (unpaired) electrons. The molecule has 0 unspecified atom stereocenters. The quantitative estimate of drug-likeness (QED) is 0.299. The van der Waals surface area contributed by atoms with Crippen LogP contribution in [0, 0.1) is 5.82 Å². The predicted octanol–water partition coefficient (Wildman–Crippen LogP) is 5.15. The zero-order valence-corrected chi connectivity index (χ0v) is 25.0. The van der Waals surface area contributed by atoms with E-state index in [4.69, 9.17) is 26.1 Å². The van der Waals surface area contributed by atoms with Gasteiger partial charge in [0.1, 0.15) is 29.8 Å². The highest BCUT2D eigenvalue weighted by Crippen LogP contribution is 2.48. The van der Waals surface area contributed by atoms with Gasteiger partial charge in [-0.3, -0.25) is 9.79 Å². The van der Waals surface area contributed by atoms with Gasteiger partial charge in [0.2, 0.25) is 0 Å². The van der Waals surface area contributed by atoms with E-state index in [1.807, 2.05) is 0 Å². The standard InChI is InChI=1S/C28H26ClF3N6O5S/c1-15(39)3-6-21(40)43-14-28(35-27(41)42-2)12-20-22(19-7-9-38(36-19)26(31)32)23(17-5-4-16(30)11-18(17)29)34-24(37(20)13-28)25-33-8-10-44-25/h4-5,7-11,23,26H,3,6,12-14H2,1-2H3,(H,35,41)/t23-,28+/m0/s1. The van der Waals surface area contributed by atoms with Crippen molar-refractivity contribution < 1.29 is 37.0 Å². The van der Waals surface area contributed by atoms with Gasteiger partial charge in [-0.25, -0.2) is 18.9 Å². The molecule has 4 heterocycles. The molecule has 16 heteroatoms. The second-order valence-corrected chi connectivity index (χ2v) is 11.5. The molecule has 5 rings (SSSR count). The Balaban J connectivity index is 1.67. The van der Waals surface area contributed by atoms with Gasteiger partial charge in [-0.2, -0.15) is 13.9 Å². The average Bonchev–Trinajstić information content (AvgIpc) is 3.75. The summed E-state index contributed by atoms with van der Waals surface area (Å²) in [5.74, 6) is -1.04. The number of halogens is 4. The first-order chi connectivity index (χ1) is 21.0. The Labute approximate surface area is 258 Å². The zero-order valence-electron chi connectivity index (χ0n) is 23.4. The summed E-state index contributed by atoms with van der Waals surface area (Å²) >= 11 is 7.79. The minimum Gasteiger partial charge on any atom is -0.463 e. The Kier molecular flexibility index (Phi) is 9.06. The summed E-state index contributed by atoms with van der Waals surface area (Å²) in [6, 6.07) is 4.25. The fourth-order valence-corrected chi connectivity index (χ4v) is 6.02. The molecule has 1 saturated heterocycles.